The Morgan fingerprint density at radius 2 is 1.89 bits per heavy atom. The molecular weight excluding hydrogens is 364 g/mol. The number of aromatic hydroxyl groups is 1. The minimum absolute atomic E-state index is 0.142. The van der Waals surface area contributed by atoms with Gasteiger partial charge in [0, 0.05) is 17.0 Å². The summed E-state index contributed by atoms with van der Waals surface area (Å²) in [6.07, 6.45) is 1.21. The maximum Gasteiger partial charge on any atom is 0.350 e. The van der Waals surface area contributed by atoms with E-state index < -0.39 is 11.2 Å². The fourth-order valence-corrected chi connectivity index (χ4v) is 2.98. The van der Waals surface area contributed by atoms with E-state index in [0.29, 0.717) is 32.4 Å². The summed E-state index contributed by atoms with van der Waals surface area (Å²) < 4.78 is 10.9. The fraction of sp³-hybridized carbons (Fsp3) is 0.105. The largest absolute Gasteiger partial charge is 0.504 e. The van der Waals surface area contributed by atoms with Crippen molar-refractivity contribution >= 4 is 28.2 Å². The molecule has 0 aliphatic carbocycles. The van der Waals surface area contributed by atoms with Gasteiger partial charge in [0.05, 0.1) is 31.5 Å². The van der Waals surface area contributed by atoms with Crippen LogP contribution in [0.4, 0.5) is 0 Å². The van der Waals surface area contributed by atoms with Gasteiger partial charge in [-0.1, -0.05) is 6.07 Å². The molecule has 2 aromatic heterocycles. The molecule has 0 radical (unpaired) electrons. The van der Waals surface area contributed by atoms with E-state index in [1.54, 1.807) is 43.5 Å². The maximum atomic E-state index is 12.8. The highest BCUT2D eigenvalue weighted by Gasteiger charge is 2.13. The summed E-state index contributed by atoms with van der Waals surface area (Å²) in [6.45, 7) is 0. The molecule has 0 saturated carbocycles. The first-order valence-corrected chi connectivity index (χ1v) is 8.28. The molecular formula is C19H16N4O5. The number of methoxy groups -OCH3 is 2. The second-order valence-corrected chi connectivity index (χ2v) is 5.98. The minimum Gasteiger partial charge on any atom is -0.504 e. The molecule has 0 spiro atoms. The van der Waals surface area contributed by atoms with E-state index in [0.717, 1.165) is 0 Å². The molecule has 142 valence electrons. The van der Waals surface area contributed by atoms with E-state index in [9.17, 15) is 14.7 Å². The molecule has 0 saturated heterocycles. The third-order valence-electron chi connectivity index (χ3n) is 4.40. The molecule has 0 atom stereocenters. The first-order valence-electron chi connectivity index (χ1n) is 8.28. The van der Waals surface area contributed by atoms with Crippen molar-refractivity contribution < 1.29 is 14.6 Å². The molecule has 0 amide bonds. The van der Waals surface area contributed by atoms with E-state index >= 15 is 0 Å². The van der Waals surface area contributed by atoms with Crippen LogP contribution in [0, 0.1) is 0 Å². The molecule has 0 aliphatic heterocycles. The van der Waals surface area contributed by atoms with Crippen molar-refractivity contribution in [2.24, 2.45) is 5.10 Å². The van der Waals surface area contributed by atoms with Crippen LogP contribution in [0.1, 0.15) is 5.56 Å². The highest BCUT2D eigenvalue weighted by Crippen LogP contribution is 2.28. The number of phenols is 1. The van der Waals surface area contributed by atoms with Gasteiger partial charge in [-0.3, -0.25) is 4.79 Å². The molecule has 0 fully saturated rings. The second-order valence-electron chi connectivity index (χ2n) is 5.98. The first-order chi connectivity index (χ1) is 13.5. The number of rotatable bonds is 4. The number of aromatic nitrogens is 3. The molecule has 28 heavy (non-hydrogen) atoms. The molecule has 4 aromatic rings. The summed E-state index contributed by atoms with van der Waals surface area (Å²) in [5, 5.41) is 14.7. The van der Waals surface area contributed by atoms with Crippen LogP contribution in [0.15, 0.2) is 51.1 Å². The van der Waals surface area contributed by atoms with E-state index in [2.05, 4.69) is 15.1 Å². The average Bonchev–Trinajstić information content (AvgIpc) is 3.06. The summed E-state index contributed by atoms with van der Waals surface area (Å²) in [7, 11) is 2.96. The molecule has 9 nitrogen and oxygen atoms in total. The predicted octanol–water partition coefficient (Wildman–Crippen LogP) is 1.78. The summed E-state index contributed by atoms with van der Waals surface area (Å²) in [6, 6.07) is 10.0. The van der Waals surface area contributed by atoms with Crippen LogP contribution in [-0.2, 0) is 0 Å². The predicted molar refractivity (Wildman–Crippen MR) is 105 cm³/mol. The van der Waals surface area contributed by atoms with Crippen molar-refractivity contribution in [3.63, 3.8) is 0 Å². The van der Waals surface area contributed by atoms with Gasteiger partial charge in [0.15, 0.2) is 11.5 Å². The van der Waals surface area contributed by atoms with Crippen molar-refractivity contribution in [1.82, 2.24) is 14.6 Å². The normalized spacial score (nSPS) is 11.5. The monoisotopic (exact) mass is 380 g/mol. The fourth-order valence-electron chi connectivity index (χ4n) is 2.98. The van der Waals surface area contributed by atoms with Gasteiger partial charge in [0.25, 0.3) is 0 Å². The number of nitrogens with zero attached hydrogens (tertiary/aromatic N) is 2. The molecule has 0 aliphatic rings. The number of hydrogen-bond donors (Lipinski definition) is 3. The molecule has 9 heteroatoms. The summed E-state index contributed by atoms with van der Waals surface area (Å²) in [5.74, 6) is 0.732. The number of H-pyrrole nitrogens is 2. The zero-order chi connectivity index (χ0) is 19.8. The Bertz CT molecular complexity index is 1350. The zero-order valence-corrected chi connectivity index (χ0v) is 15.0. The van der Waals surface area contributed by atoms with E-state index in [4.69, 9.17) is 9.47 Å². The number of para-hydroxylation sites is 1. The van der Waals surface area contributed by atoms with Crippen molar-refractivity contribution in [3.8, 4) is 17.2 Å². The molecule has 0 unspecified atom stereocenters. The number of phenolic OH excluding ortho intramolecular Hbond substituents is 1. The number of fused-ring (bicyclic) bond motifs is 3. The van der Waals surface area contributed by atoms with Gasteiger partial charge < -0.3 is 24.5 Å². The van der Waals surface area contributed by atoms with Crippen molar-refractivity contribution in [2.75, 3.05) is 14.2 Å². The smallest absolute Gasteiger partial charge is 0.350 e. The SMILES string of the molecule is COc1ccc2c(c1)[nH]c1c(=O)n(N=Cc3cccc(OC)c3O)c(=O)[nH]c12. The van der Waals surface area contributed by atoms with Gasteiger partial charge >= 0.3 is 11.2 Å². The first kappa shape index (κ1) is 17.4. The average molecular weight is 380 g/mol. The molecule has 2 heterocycles. The van der Waals surface area contributed by atoms with Crippen LogP contribution < -0.4 is 20.7 Å². The highest BCUT2D eigenvalue weighted by molar-refractivity contribution is 6.04. The summed E-state index contributed by atoms with van der Waals surface area (Å²) >= 11 is 0. The van der Waals surface area contributed by atoms with Crippen LogP contribution in [0.25, 0.3) is 21.9 Å². The Labute approximate surface area is 157 Å². The lowest BCUT2D eigenvalue weighted by Crippen LogP contribution is -2.32. The molecule has 0 bridgehead atoms. The third kappa shape index (κ3) is 2.69. The molecule has 3 N–H and O–H groups in total. The van der Waals surface area contributed by atoms with E-state index in [-0.39, 0.29) is 17.0 Å². The Balaban J connectivity index is 1.87. The van der Waals surface area contributed by atoms with Crippen molar-refractivity contribution in [1.29, 1.82) is 0 Å². The van der Waals surface area contributed by atoms with Gasteiger partial charge in [-0.25, -0.2) is 4.79 Å². The third-order valence-corrected chi connectivity index (χ3v) is 4.40. The maximum absolute atomic E-state index is 12.8. The number of benzene rings is 2. The Morgan fingerprint density at radius 3 is 2.64 bits per heavy atom. The van der Waals surface area contributed by atoms with Gasteiger partial charge in [0.1, 0.15) is 11.3 Å². The Hall–Kier alpha value is -4.01. The Morgan fingerprint density at radius 1 is 1.07 bits per heavy atom. The van der Waals surface area contributed by atoms with Crippen LogP contribution in [-0.4, -0.2) is 40.2 Å². The Kier molecular flexibility index (Phi) is 4.11. The quantitative estimate of drug-likeness (QED) is 0.466. The number of ether oxygens (including phenoxy) is 2. The van der Waals surface area contributed by atoms with Gasteiger partial charge in [0.2, 0.25) is 0 Å². The number of nitrogens with one attached hydrogen (secondary N) is 2. The lowest BCUT2D eigenvalue weighted by Gasteiger charge is -2.04. The van der Waals surface area contributed by atoms with Crippen LogP contribution in [0.3, 0.4) is 0 Å². The standard InChI is InChI=1S/C19H16N4O5/c1-27-11-6-7-12-13(8-11)21-16-15(12)22-19(26)23(18(16)25)20-9-10-4-3-5-14(28-2)17(10)24/h3-9,21,24H,1-2H3,(H,22,26). The van der Waals surface area contributed by atoms with Gasteiger partial charge in [-0.15, -0.1) is 4.68 Å². The summed E-state index contributed by atoms with van der Waals surface area (Å²) in [5.41, 5.74) is 0.222. The summed E-state index contributed by atoms with van der Waals surface area (Å²) in [4.78, 5) is 30.9. The lowest BCUT2D eigenvalue weighted by atomic mass is 10.2. The van der Waals surface area contributed by atoms with Crippen molar-refractivity contribution in [3.05, 3.63) is 62.8 Å². The van der Waals surface area contributed by atoms with Crippen molar-refractivity contribution in [2.45, 2.75) is 0 Å². The molecule has 2 aromatic carbocycles. The molecule has 4 rings (SSSR count). The second kappa shape index (κ2) is 6.62. The van der Waals surface area contributed by atoms with Gasteiger partial charge in [-0.2, -0.15) is 5.10 Å². The van der Waals surface area contributed by atoms with E-state index in [1.165, 1.54) is 13.3 Å². The number of hydrogen-bond acceptors (Lipinski definition) is 6. The zero-order valence-electron chi connectivity index (χ0n) is 15.0. The van der Waals surface area contributed by atoms with Crippen LogP contribution in [0.2, 0.25) is 0 Å². The number of aromatic amines is 2. The lowest BCUT2D eigenvalue weighted by molar-refractivity contribution is 0.373. The van der Waals surface area contributed by atoms with E-state index in [1.807, 2.05) is 0 Å². The van der Waals surface area contributed by atoms with Crippen LogP contribution in [0.5, 0.6) is 17.2 Å². The van der Waals surface area contributed by atoms with Crippen LogP contribution >= 0.6 is 0 Å². The highest BCUT2D eigenvalue weighted by atomic mass is 16.5. The topological polar surface area (TPSA) is 122 Å². The minimum atomic E-state index is -0.701. The van der Waals surface area contributed by atoms with Gasteiger partial charge in [-0.05, 0) is 24.3 Å².